The van der Waals surface area contributed by atoms with E-state index in [1.807, 2.05) is 30.3 Å². The molecule has 1 aromatic carbocycles. The Morgan fingerprint density at radius 1 is 0.857 bits per heavy atom. The molecule has 0 bridgehead atoms. The van der Waals surface area contributed by atoms with Crippen molar-refractivity contribution in [3.8, 4) is 5.75 Å². The van der Waals surface area contributed by atoms with Crippen LogP contribution in [-0.2, 0) is 0 Å². The van der Waals surface area contributed by atoms with Crippen LogP contribution in [0.25, 0.3) is 0 Å². The van der Waals surface area contributed by atoms with Crippen molar-refractivity contribution >= 4 is 0 Å². The largest absolute Gasteiger partial charge is 0.497 e. The fourth-order valence-electron chi connectivity index (χ4n) is 0.810. The number of hydrogen-bond acceptors (Lipinski definition) is 3. The van der Waals surface area contributed by atoms with E-state index in [1.54, 1.807) is 31.9 Å². The molecule has 0 unspecified atom stereocenters. The molecule has 0 aliphatic rings. The Hall–Kier alpha value is -1.90. The lowest BCUT2D eigenvalue weighted by molar-refractivity contribution is 0.415. The van der Waals surface area contributed by atoms with Crippen LogP contribution < -0.4 is 4.74 Å². The zero-order valence-electron chi connectivity index (χ0n) is 8.00. The smallest absolute Gasteiger partial charge is 0.118 e. The van der Waals surface area contributed by atoms with Gasteiger partial charge in [-0.1, -0.05) is 18.2 Å². The van der Waals surface area contributed by atoms with Crippen molar-refractivity contribution in [2.24, 2.45) is 0 Å². The first-order valence-corrected chi connectivity index (χ1v) is 4.22. The molecule has 0 aliphatic heterocycles. The van der Waals surface area contributed by atoms with Gasteiger partial charge in [-0.05, 0) is 12.1 Å². The van der Waals surface area contributed by atoms with Gasteiger partial charge in [0, 0.05) is 24.8 Å². The number of benzene rings is 1. The van der Waals surface area contributed by atoms with Gasteiger partial charge in [0.25, 0.3) is 0 Å². The van der Waals surface area contributed by atoms with E-state index >= 15 is 0 Å². The van der Waals surface area contributed by atoms with E-state index in [-0.39, 0.29) is 0 Å². The van der Waals surface area contributed by atoms with Crippen molar-refractivity contribution in [1.29, 1.82) is 0 Å². The molecule has 0 atom stereocenters. The maximum absolute atomic E-state index is 4.91. The van der Waals surface area contributed by atoms with Crippen molar-refractivity contribution < 1.29 is 4.74 Å². The predicted octanol–water partition coefficient (Wildman–Crippen LogP) is 2.17. The van der Waals surface area contributed by atoms with Gasteiger partial charge in [0.2, 0.25) is 0 Å². The summed E-state index contributed by atoms with van der Waals surface area (Å²) in [7, 11) is 1.66. The summed E-state index contributed by atoms with van der Waals surface area (Å²) in [5.41, 5.74) is 0. The Morgan fingerprint density at radius 2 is 1.36 bits per heavy atom. The molecule has 0 amide bonds. The summed E-state index contributed by atoms with van der Waals surface area (Å²) < 4.78 is 4.91. The van der Waals surface area contributed by atoms with Crippen molar-refractivity contribution in [2.75, 3.05) is 7.11 Å². The minimum absolute atomic E-state index is 0.910. The molecule has 3 nitrogen and oxygen atoms in total. The van der Waals surface area contributed by atoms with E-state index < -0.39 is 0 Å². The highest BCUT2D eigenvalue weighted by Gasteiger charge is 1.80. The van der Waals surface area contributed by atoms with Crippen LogP contribution in [0.1, 0.15) is 0 Å². The summed E-state index contributed by atoms with van der Waals surface area (Å²) in [6.07, 6.45) is 6.56. The highest BCUT2D eigenvalue weighted by Crippen LogP contribution is 2.05. The molecule has 2 rings (SSSR count). The lowest BCUT2D eigenvalue weighted by Gasteiger charge is -1.93. The van der Waals surface area contributed by atoms with Crippen molar-refractivity contribution in [1.82, 2.24) is 9.97 Å². The van der Waals surface area contributed by atoms with Gasteiger partial charge in [-0.3, -0.25) is 9.97 Å². The van der Waals surface area contributed by atoms with Crippen LogP contribution in [-0.4, -0.2) is 17.1 Å². The number of methoxy groups -OCH3 is 1. The first kappa shape index (κ1) is 10.2. The van der Waals surface area contributed by atoms with Crippen LogP contribution in [0.5, 0.6) is 5.75 Å². The van der Waals surface area contributed by atoms with Gasteiger partial charge in [0.15, 0.2) is 0 Å². The third-order valence-electron chi connectivity index (χ3n) is 1.46. The van der Waals surface area contributed by atoms with E-state index in [0.717, 1.165) is 5.75 Å². The second-order valence-corrected chi connectivity index (χ2v) is 2.41. The molecule has 3 heteroatoms. The van der Waals surface area contributed by atoms with Gasteiger partial charge in [-0.15, -0.1) is 0 Å². The molecule has 72 valence electrons. The molecule has 0 saturated carbocycles. The zero-order chi connectivity index (χ0) is 10.1. The quantitative estimate of drug-likeness (QED) is 0.688. The summed E-state index contributed by atoms with van der Waals surface area (Å²) in [4.78, 5) is 7.44. The van der Waals surface area contributed by atoms with Gasteiger partial charge < -0.3 is 4.74 Å². The van der Waals surface area contributed by atoms with E-state index in [1.165, 1.54) is 0 Å². The van der Waals surface area contributed by atoms with Crippen LogP contribution >= 0.6 is 0 Å². The van der Waals surface area contributed by atoms with Gasteiger partial charge in [0.1, 0.15) is 5.75 Å². The topological polar surface area (TPSA) is 35.0 Å². The minimum atomic E-state index is 0.910. The van der Waals surface area contributed by atoms with Gasteiger partial charge >= 0.3 is 0 Å². The van der Waals surface area contributed by atoms with E-state index in [9.17, 15) is 0 Å². The summed E-state index contributed by atoms with van der Waals surface area (Å²) in [5.74, 6) is 0.910. The molecule has 14 heavy (non-hydrogen) atoms. The Labute approximate surface area is 83.4 Å². The molecule has 1 heterocycles. The second kappa shape index (κ2) is 6.60. The summed E-state index contributed by atoms with van der Waals surface area (Å²) in [6, 6.07) is 9.68. The third-order valence-corrected chi connectivity index (χ3v) is 1.46. The first-order valence-electron chi connectivity index (χ1n) is 4.22. The van der Waals surface area contributed by atoms with Crippen LogP contribution in [0.15, 0.2) is 55.1 Å². The maximum Gasteiger partial charge on any atom is 0.118 e. The van der Waals surface area contributed by atoms with Crippen molar-refractivity contribution in [3.63, 3.8) is 0 Å². The van der Waals surface area contributed by atoms with Gasteiger partial charge in [0.05, 0.1) is 7.11 Å². The monoisotopic (exact) mass is 188 g/mol. The Kier molecular flexibility index (Phi) is 4.80. The zero-order valence-corrected chi connectivity index (χ0v) is 8.00. The van der Waals surface area contributed by atoms with Gasteiger partial charge in [-0.25, -0.2) is 0 Å². The molecule has 0 fully saturated rings. The van der Waals surface area contributed by atoms with Crippen LogP contribution in [0.3, 0.4) is 0 Å². The Morgan fingerprint density at radius 3 is 1.64 bits per heavy atom. The Bertz CT molecular complexity index is 297. The molecular formula is C11H12N2O. The van der Waals surface area contributed by atoms with E-state index in [0.29, 0.717) is 0 Å². The fourth-order valence-corrected chi connectivity index (χ4v) is 0.810. The lowest BCUT2D eigenvalue weighted by Crippen LogP contribution is -1.78. The second-order valence-electron chi connectivity index (χ2n) is 2.41. The SMILES string of the molecule is COc1ccccc1.c1cnccn1. The maximum atomic E-state index is 4.91. The highest BCUT2D eigenvalue weighted by molar-refractivity contribution is 5.20. The molecule has 0 radical (unpaired) electrons. The number of rotatable bonds is 1. The molecule has 2 aromatic rings. The standard InChI is InChI=1S/C7H8O.C4H4N2/c1-8-7-5-3-2-4-6-7;1-2-6-4-3-5-1/h2-6H,1H3;1-4H. The molecule has 0 saturated heterocycles. The minimum Gasteiger partial charge on any atom is -0.497 e. The van der Waals surface area contributed by atoms with Crippen LogP contribution in [0.2, 0.25) is 0 Å². The van der Waals surface area contributed by atoms with Crippen LogP contribution in [0, 0.1) is 0 Å². The van der Waals surface area contributed by atoms with Crippen molar-refractivity contribution in [3.05, 3.63) is 55.1 Å². The summed E-state index contributed by atoms with van der Waals surface area (Å²) in [5, 5.41) is 0. The summed E-state index contributed by atoms with van der Waals surface area (Å²) >= 11 is 0. The number of para-hydroxylation sites is 1. The van der Waals surface area contributed by atoms with E-state index in [4.69, 9.17) is 4.74 Å². The first-order chi connectivity index (χ1) is 6.93. The van der Waals surface area contributed by atoms with E-state index in [2.05, 4.69) is 9.97 Å². The number of aromatic nitrogens is 2. The number of hydrogen-bond donors (Lipinski definition) is 0. The number of nitrogens with zero attached hydrogens (tertiary/aromatic N) is 2. The molecular weight excluding hydrogens is 176 g/mol. The average Bonchev–Trinajstić information content (AvgIpc) is 2.33. The third kappa shape index (κ3) is 4.21. The Balaban J connectivity index is 0.000000146. The molecule has 0 N–H and O–H groups in total. The fraction of sp³-hybridized carbons (Fsp3) is 0.0909. The highest BCUT2D eigenvalue weighted by atomic mass is 16.5. The molecule has 0 aliphatic carbocycles. The molecule has 1 aromatic heterocycles. The van der Waals surface area contributed by atoms with Crippen LogP contribution in [0.4, 0.5) is 0 Å². The normalized spacial score (nSPS) is 8.36. The lowest BCUT2D eigenvalue weighted by atomic mass is 10.3. The summed E-state index contributed by atoms with van der Waals surface area (Å²) in [6.45, 7) is 0. The van der Waals surface area contributed by atoms with Gasteiger partial charge in [-0.2, -0.15) is 0 Å². The molecule has 0 spiro atoms. The predicted molar refractivity (Wildman–Crippen MR) is 55.0 cm³/mol. The average molecular weight is 188 g/mol. The number of ether oxygens (including phenoxy) is 1. The van der Waals surface area contributed by atoms with Crippen molar-refractivity contribution in [2.45, 2.75) is 0 Å².